The molecular formula is C12H14N4O2. The van der Waals surface area contributed by atoms with Gasteiger partial charge in [-0.05, 0) is 19.1 Å². The molecule has 1 aromatic carbocycles. The van der Waals surface area contributed by atoms with E-state index in [1.54, 1.807) is 17.0 Å². The van der Waals surface area contributed by atoms with Crippen LogP contribution in [0.3, 0.4) is 0 Å². The van der Waals surface area contributed by atoms with Crippen molar-refractivity contribution in [1.29, 1.82) is 0 Å². The molecule has 1 aromatic rings. The van der Waals surface area contributed by atoms with E-state index in [-0.39, 0.29) is 12.5 Å². The number of urea groups is 1. The van der Waals surface area contributed by atoms with Crippen molar-refractivity contribution in [1.82, 2.24) is 10.2 Å². The Labute approximate surface area is 105 Å². The van der Waals surface area contributed by atoms with E-state index in [0.717, 1.165) is 0 Å². The van der Waals surface area contributed by atoms with Crippen LogP contribution in [0, 0.1) is 0 Å². The summed E-state index contributed by atoms with van der Waals surface area (Å²) in [5.41, 5.74) is 0.666. The lowest BCUT2D eigenvalue weighted by atomic mass is 10.3. The van der Waals surface area contributed by atoms with Gasteiger partial charge in [-0.1, -0.05) is 18.2 Å². The maximum atomic E-state index is 11.7. The van der Waals surface area contributed by atoms with Crippen LogP contribution in [0.15, 0.2) is 35.3 Å². The van der Waals surface area contributed by atoms with Crippen LogP contribution in [-0.4, -0.2) is 35.9 Å². The van der Waals surface area contributed by atoms with E-state index in [2.05, 4.69) is 15.6 Å². The third-order valence-corrected chi connectivity index (χ3v) is 2.50. The number of nitrogens with one attached hydrogen (secondary N) is 2. The van der Waals surface area contributed by atoms with Crippen molar-refractivity contribution in [2.75, 3.05) is 18.4 Å². The highest BCUT2D eigenvalue weighted by molar-refractivity contribution is 6.09. The number of aliphatic imine (C=N–C) groups is 1. The first-order valence-electron chi connectivity index (χ1n) is 5.68. The minimum atomic E-state index is -0.503. The molecule has 3 amide bonds. The Morgan fingerprint density at radius 2 is 2.17 bits per heavy atom. The number of anilines is 1. The maximum Gasteiger partial charge on any atom is 0.348 e. The van der Waals surface area contributed by atoms with Crippen LogP contribution >= 0.6 is 0 Å². The van der Waals surface area contributed by atoms with Crippen molar-refractivity contribution in [3.8, 4) is 0 Å². The summed E-state index contributed by atoms with van der Waals surface area (Å²) in [6.45, 7) is 2.76. The second kappa shape index (κ2) is 5.31. The first-order valence-corrected chi connectivity index (χ1v) is 5.68. The van der Waals surface area contributed by atoms with E-state index in [1.807, 2.05) is 25.1 Å². The Morgan fingerprint density at radius 3 is 2.83 bits per heavy atom. The Hall–Kier alpha value is -2.37. The van der Waals surface area contributed by atoms with Gasteiger partial charge in [0.15, 0.2) is 0 Å². The van der Waals surface area contributed by atoms with Crippen LogP contribution in [0.25, 0.3) is 0 Å². The largest absolute Gasteiger partial charge is 0.348 e. The quantitative estimate of drug-likeness (QED) is 0.818. The summed E-state index contributed by atoms with van der Waals surface area (Å²) in [6.07, 6.45) is 0. The first-order chi connectivity index (χ1) is 8.69. The molecule has 6 heteroatoms. The van der Waals surface area contributed by atoms with Crippen molar-refractivity contribution in [3.63, 3.8) is 0 Å². The number of amides is 3. The summed E-state index contributed by atoms with van der Waals surface area (Å²) in [4.78, 5) is 28.4. The van der Waals surface area contributed by atoms with E-state index in [4.69, 9.17) is 0 Å². The van der Waals surface area contributed by atoms with E-state index in [0.29, 0.717) is 18.2 Å². The molecule has 0 saturated carbocycles. The zero-order chi connectivity index (χ0) is 13.0. The van der Waals surface area contributed by atoms with Crippen molar-refractivity contribution in [2.24, 2.45) is 4.99 Å². The van der Waals surface area contributed by atoms with Crippen molar-refractivity contribution < 1.29 is 9.59 Å². The highest BCUT2D eigenvalue weighted by Gasteiger charge is 2.24. The van der Waals surface area contributed by atoms with Gasteiger partial charge in [0, 0.05) is 12.2 Å². The summed E-state index contributed by atoms with van der Waals surface area (Å²) >= 11 is 0. The molecule has 18 heavy (non-hydrogen) atoms. The summed E-state index contributed by atoms with van der Waals surface area (Å²) in [6, 6.07) is 8.53. The highest BCUT2D eigenvalue weighted by atomic mass is 16.2. The molecular weight excluding hydrogens is 232 g/mol. The van der Waals surface area contributed by atoms with Crippen LogP contribution in [0.5, 0.6) is 0 Å². The fourth-order valence-electron chi connectivity index (χ4n) is 1.62. The van der Waals surface area contributed by atoms with Crippen LogP contribution in [0.4, 0.5) is 10.5 Å². The van der Waals surface area contributed by atoms with Gasteiger partial charge in [0.25, 0.3) is 0 Å². The molecule has 6 nitrogen and oxygen atoms in total. The lowest BCUT2D eigenvalue weighted by molar-refractivity contribution is -0.118. The number of hydrogen-bond donors (Lipinski definition) is 2. The van der Waals surface area contributed by atoms with Gasteiger partial charge in [0.1, 0.15) is 6.54 Å². The number of carbonyl (C=O) groups excluding carboxylic acids is 2. The average Bonchev–Trinajstić information content (AvgIpc) is 2.70. The van der Waals surface area contributed by atoms with E-state index in [1.165, 1.54) is 0 Å². The van der Waals surface area contributed by atoms with Gasteiger partial charge in [-0.15, -0.1) is 0 Å². The van der Waals surface area contributed by atoms with E-state index in [9.17, 15) is 9.59 Å². The molecule has 94 valence electrons. The highest BCUT2D eigenvalue weighted by Crippen LogP contribution is 2.06. The Balaban J connectivity index is 2.04. The van der Waals surface area contributed by atoms with Gasteiger partial charge >= 0.3 is 6.03 Å². The molecule has 1 heterocycles. The standard InChI is InChI=1S/C12H14N4O2/c1-2-16-8-10(17)14-11(16)15-12(18)13-9-6-4-3-5-7-9/h3-7H,2,8H2,1H3,(H2,13,14,15,17,18). The SMILES string of the molecule is CCN1CC(=O)NC1=NC(=O)Nc1ccccc1. The van der Waals surface area contributed by atoms with Gasteiger partial charge in [-0.25, -0.2) is 4.79 Å². The fourth-order valence-corrected chi connectivity index (χ4v) is 1.62. The number of para-hydroxylation sites is 1. The second-order valence-electron chi connectivity index (χ2n) is 3.79. The molecule has 2 rings (SSSR count). The van der Waals surface area contributed by atoms with Crippen molar-refractivity contribution in [2.45, 2.75) is 6.92 Å². The van der Waals surface area contributed by atoms with Crippen molar-refractivity contribution in [3.05, 3.63) is 30.3 Å². The Morgan fingerprint density at radius 1 is 1.44 bits per heavy atom. The van der Waals surface area contributed by atoms with Crippen LogP contribution in [0.2, 0.25) is 0 Å². The number of benzene rings is 1. The Kier molecular flexibility index (Phi) is 3.57. The summed E-state index contributed by atoms with van der Waals surface area (Å²) in [7, 11) is 0. The number of nitrogens with zero attached hydrogens (tertiary/aromatic N) is 2. The molecule has 1 saturated heterocycles. The predicted molar refractivity (Wildman–Crippen MR) is 68.3 cm³/mol. The molecule has 0 aromatic heterocycles. The zero-order valence-corrected chi connectivity index (χ0v) is 10.0. The van der Waals surface area contributed by atoms with E-state index >= 15 is 0 Å². The zero-order valence-electron chi connectivity index (χ0n) is 10.0. The molecule has 0 radical (unpaired) electrons. The molecule has 0 bridgehead atoms. The molecule has 0 spiro atoms. The molecule has 1 fully saturated rings. The topological polar surface area (TPSA) is 73.8 Å². The average molecular weight is 246 g/mol. The smallest absolute Gasteiger partial charge is 0.333 e. The van der Waals surface area contributed by atoms with E-state index < -0.39 is 6.03 Å². The summed E-state index contributed by atoms with van der Waals surface area (Å²) < 4.78 is 0. The lowest BCUT2D eigenvalue weighted by Gasteiger charge is -2.12. The monoisotopic (exact) mass is 246 g/mol. The molecule has 0 unspecified atom stereocenters. The van der Waals surface area contributed by atoms with Crippen LogP contribution < -0.4 is 10.6 Å². The van der Waals surface area contributed by atoms with Gasteiger partial charge in [0.05, 0.1) is 0 Å². The number of guanidine groups is 1. The first kappa shape index (κ1) is 12.1. The van der Waals surface area contributed by atoms with Gasteiger partial charge in [0.2, 0.25) is 11.9 Å². The fraction of sp³-hybridized carbons (Fsp3) is 0.250. The van der Waals surface area contributed by atoms with Crippen molar-refractivity contribution >= 4 is 23.6 Å². The van der Waals surface area contributed by atoms with Gasteiger partial charge < -0.3 is 10.2 Å². The third kappa shape index (κ3) is 2.85. The molecule has 1 aliphatic heterocycles. The summed E-state index contributed by atoms with van der Waals surface area (Å²) in [5, 5.41) is 5.17. The third-order valence-electron chi connectivity index (χ3n) is 2.50. The minimum absolute atomic E-state index is 0.150. The minimum Gasteiger partial charge on any atom is -0.333 e. The predicted octanol–water partition coefficient (Wildman–Crippen LogP) is 1.03. The number of hydrogen-bond acceptors (Lipinski definition) is 2. The molecule has 0 aliphatic carbocycles. The molecule has 1 aliphatic rings. The number of likely N-dealkylation sites (N-methyl/N-ethyl adjacent to an activating group) is 1. The van der Waals surface area contributed by atoms with Crippen LogP contribution in [0.1, 0.15) is 6.92 Å². The Bertz CT molecular complexity index is 484. The number of rotatable bonds is 2. The second-order valence-corrected chi connectivity index (χ2v) is 3.79. The molecule has 0 atom stereocenters. The van der Waals surface area contributed by atoms with Gasteiger partial charge in [-0.3, -0.25) is 10.1 Å². The van der Waals surface area contributed by atoms with Gasteiger partial charge in [-0.2, -0.15) is 4.99 Å². The lowest BCUT2D eigenvalue weighted by Crippen LogP contribution is -2.31. The molecule has 2 N–H and O–H groups in total. The summed E-state index contributed by atoms with van der Waals surface area (Å²) in [5.74, 6) is 0.152. The number of carbonyl (C=O) groups is 2. The maximum absolute atomic E-state index is 11.7. The normalized spacial score (nSPS) is 16.8. The van der Waals surface area contributed by atoms with Crippen LogP contribution in [-0.2, 0) is 4.79 Å².